The second kappa shape index (κ2) is 9.85. The minimum absolute atomic E-state index is 0.0259. The molecule has 0 aliphatic heterocycles. The summed E-state index contributed by atoms with van der Waals surface area (Å²) in [6.07, 6.45) is -4.58. The largest absolute Gasteiger partial charge is 0.416 e. The number of alkyl halides is 3. The summed E-state index contributed by atoms with van der Waals surface area (Å²) < 4.78 is 40.8. The molecule has 5 aromatic rings. The van der Waals surface area contributed by atoms with Crippen molar-refractivity contribution in [3.63, 3.8) is 0 Å². The topological polar surface area (TPSA) is 79.8 Å². The lowest BCUT2D eigenvalue weighted by Gasteiger charge is -2.15. The Kier molecular flexibility index (Phi) is 6.70. The van der Waals surface area contributed by atoms with Gasteiger partial charge in [-0.25, -0.2) is 4.98 Å². The molecular formula is C27H20ClF3N4O2S. The van der Waals surface area contributed by atoms with Crippen LogP contribution in [0.15, 0.2) is 70.6 Å². The van der Waals surface area contributed by atoms with Crippen LogP contribution in [0.25, 0.3) is 27.6 Å². The fraction of sp³-hybridized carbons (Fsp3) is 0.148. The van der Waals surface area contributed by atoms with Crippen LogP contribution in [-0.4, -0.2) is 26.2 Å². The fourth-order valence-corrected chi connectivity index (χ4v) is 5.09. The number of aryl methyl sites for hydroxylation is 2. The predicted molar refractivity (Wildman–Crippen MR) is 144 cm³/mol. The molecule has 0 aliphatic carbocycles. The molecule has 0 bridgehead atoms. The van der Waals surface area contributed by atoms with E-state index in [0.29, 0.717) is 16.7 Å². The van der Waals surface area contributed by atoms with Crippen LogP contribution in [0.1, 0.15) is 16.7 Å². The molecule has 11 heteroatoms. The van der Waals surface area contributed by atoms with E-state index >= 15 is 0 Å². The van der Waals surface area contributed by atoms with E-state index in [9.17, 15) is 22.8 Å². The Bertz CT molecular complexity index is 1780. The van der Waals surface area contributed by atoms with Gasteiger partial charge in [-0.3, -0.25) is 14.2 Å². The van der Waals surface area contributed by atoms with Crippen molar-refractivity contribution in [3.8, 4) is 5.69 Å². The Morgan fingerprint density at radius 2 is 1.87 bits per heavy atom. The van der Waals surface area contributed by atoms with Gasteiger partial charge in [-0.15, -0.1) is 0 Å². The number of aromatic nitrogens is 3. The van der Waals surface area contributed by atoms with Gasteiger partial charge in [0.2, 0.25) is 5.91 Å². The van der Waals surface area contributed by atoms with Gasteiger partial charge in [0.05, 0.1) is 27.7 Å². The second-order valence-electron chi connectivity index (χ2n) is 8.75. The molecule has 0 aliphatic rings. The maximum atomic E-state index is 13.7. The third-order valence-corrected chi connectivity index (χ3v) is 7.27. The van der Waals surface area contributed by atoms with Gasteiger partial charge < -0.3 is 10.3 Å². The monoisotopic (exact) mass is 556 g/mol. The quantitative estimate of drug-likeness (QED) is 0.182. The summed E-state index contributed by atoms with van der Waals surface area (Å²) in [7, 11) is 0. The normalized spacial score (nSPS) is 11.8. The minimum atomic E-state index is -4.58. The molecule has 2 N–H and O–H groups in total. The zero-order valence-corrected chi connectivity index (χ0v) is 21.7. The number of nitrogens with zero attached hydrogens (tertiary/aromatic N) is 2. The lowest BCUT2D eigenvalue weighted by molar-refractivity contribution is -0.137. The van der Waals surface area contributed by atoms with Gasteiger partial charge >= 0.3 is 6.18 Å². The van der Waals surface area contributed by atoms with Crippen molar-refractivity contribution in [2.75, 3.05) is 11.1 Å². The van der Waals surface area contributed by atoms with Gasteiger partial charge in [-0.1, -0.05) is 53.7 Å². The van der Waals surface area contributed by atoms with Crippen LogP contribution in [0.2, 0.25) is 5.02 Å². The van der Waals surface area contributed by atoms with Gasteiger partial charge in [-0.05, 0) is 55.3 Å². The molecule has 3 aromatic carbocycles. The number of para-hydroxylation sites is 1. The van der Waals surface area contributed by atoms with Crippen molar-refractivity contribution in [1.29, 1.82) is 0 Å². The Hall–Kier alpha value is -3.76. The Labute approximate surface area is 223 Å². The standard InChI is InChI=1S/C27H20ClF3N4O2S/c1-14-7-8-15(2)21(11-14)35-25(37)24-23(17-5-3-4-6-19(17)33-24)34-26(35)38-13-22(36)32-20-12-16(27(29,30)31)9-10-18(20)28/h3-12,33H,13H2,1-2H3,(H,32,36). The number of carbonyl (C=O) groups excluding carboxylic acids is 1. The van der Waals surface area contributed by atoms with Gasteiger partial charge in [0.15, 0.2) is 5.16 Å². The maximum Gasteiger partial charge on any atom is 0.416 e. The highest BCUT2D eigenvalue weighted by molar-refractivity contribution is 7.99. The minimum Gasteiger partial charge on any atom is -0.349 e. The number of thioether (sulfide) groups is 1. The van der Waals surface area contributed by atoms with E-state index in [0.717, 1.165) is 52.0 Å². The van der Waals surface area contributed by atoms with Crippen molar-refractivity contribution in [1.82, 2.24) is 14.5 Å². The molecule has 2 heterocycles. The number of hydrogen-bond donors (Lipinski definition) is 2. The van der Waals surface area contributed by atoms with E-state index < -0.39 is 17.6 Å². The molecule has 0 radical (unpaired) electrons. The van der Waals surface area contributed by atoms with Crippen molar-refractivity contribution in [2.24, 2.45) is 0 Å². The van der Waals surface area contributed by atoms with Crippen LogP contribution in [0.4, 0.5) is 18.9 Å². The summed E-state index contributed by atoms with van der Waals surface area (Å²) in [6, 6.07) is 15.8. The van der Waals surface area contributed by atoms with E-state index in [1.54, 1.807) is 0 Å². The molecule has 2 aromatic heterocycles. The fourth-order valence-electron chi connectivity index (χ4n) is 4.13. The third-order valence-electron chi connectivity index (χ3n) is 6.00. The zero-order valence-electron chi connectivity index (χ0n) is 20.1. The lowest BCUT2D eigenvalue weighted by Crippen LogP contribution is -2.23. The molecular weight excluding hydrogens is 537 g/mol. The lowest BCUT2D eigenvalue weighted by atomic mass is 10.1. The SMILES string of the molecule is Cc1ccc(C)c(-n2c(SCC(=O)Nc3cc(C(F)(F)F)ccc3Cl)nc3c([nH]c4ccccc43)c2=O)c1. The second-order valence-corrected chi connectivity index (χ2v) is 10.1. The van der Waals surface area contributed by atoms with Crippen LogP contribution in [0, 0.1) is 13.8 Å². The number of rotatable bonds is 5. The zero-order chi connectivity index (χ0) is 27.2. The van der Waals surface area contributed by atoms with Gasteiger partial charge in [0.1, 0.15) is 11.0 Å². The molecule has 1 amide bonds. The highest BCUT2D eigenvalue weighted by atomic mass is 35.5. The number of benzene rings is 3. The van der Waals surface area contributed by atoms with Crippen molar-refractivity contribution in [2.45, 2.75) is 25.2 Å². The van der Waals surface area contributed by atoms with Crippen molar-refractivity contribution >= 4 is 56.9 Å². The number of halogens is 4. The summed E-state index contributed by atoms with van der Waals surface area (Å²) in [5, 5.41) is 3.44. The predicted octanol–water partition coefficient (Wildman–Crippen LogP) is 6.89. The van der Waals surface area contributed by atoms with Crippen molar-refractivity contribution < 1.29 is 18.0 Å². The average Bonchev–Trinajstić information content (AvgIpc) is 3.24. The molecule has 0 atom stereocenters. The van der Waals surface area contributed by atoms with E-state index in [4.69, 9.17) is 16.6 Å². The van der Waals surface area contributed by atoms with Crippen LogP contribution < -0.4 is 10.9 Å². The summed E-state index contributed by atoms with van der Waals surface area (Å²) in [5.74, 6) is -0.824. The van der Waals surface area contributed by atoms with Crippen LogP contribution >= 0.6 is 23.4 Å². The van der Waals surface area contributed by atoms with Crippen LogP contribution in [0.5, 0.6) is 0 Å². The van der Waals surface area contributed by atoms with Crippen LogP contribution in [0.3, 0.4) is 0 Å². The van der Waals surface area contributed by atoms with E-state index in [1.807, 2.05) is 56.3 Å². The van der Waals surface area contributed by atoms with Gasteiger partial charge in [-0.2, -0.15) is 13.2 Å². The first kappa shape index (κ1) is 25.9. The van der Waals surface area contributed by atoms with Gasteiger partial charge in [0.25, 0.3) is 5.56 Å². The number of nitrogens with one attached hydrogen (secondary N) is 2. The Balaban J connectivity index is 1.55. The number of hydrogen-bond acceptors (Lipinski definition) is 4. The first-order chi connectivity index (χ1) is 18.0. The van der Waals surface area contributed by atoms with Crippen LogP contribution in [-0.2, 0) is 11.0 Å². The Morgan fingerprint density at radius 1 is 1.11 bits per heavy atom. The molecule has 0 unspecified atom stereocenters. The molecule has 0 saturated carbocycles. The first-order valence-electron chi connectivity index (χ1n) is 11.4. The number of fused-ring (bicyclic) bond motifs is 3. The number of amides is 1. The third kappa shape index (κ3) is 4.89. The Morgan fingerprint density at radius 3 is 2.63 bits per heavy atom. The van der Waals surface area contributed by atoms with E-state index in [2.05, 4.69) is 10.3 Å². The molecule has 0 fully saturated rings. The number of aromatic amines is 1. The average molecular weight is 557 g/mol. The molecule has 6 nitrogen and oxygen atoms in total. The number of carbonyl (C=O) groups is 1. The summed E-state index contributed by atoms with van der Waals surface area (Å²) in [6.45, 7) is 3.77. The highest BCUT2D eigenvalue weighted by Crippen LogP contribution is 2.34. The van der Waals surface area contributed by atoms with E-state index in [1.165, 1.54) is 4.57 Å². The van der Waals surface area contributed by atoms with Crippen molar-refractivity contribution in [3.05, 3.63) is 92.7 Å². The molecule has 0 saturated heterocycles. The molecule has 194 valence electrons. The summed E-state index contributed by atoms with van der Waals surface area (Å²) >= 11 is 7.03. The van der Waals surface area contributed by atoms with Gasteiger partial charge in [0, 0.05) is 10.9 Å². The number of H-pyrrole nitrogens is 1. The number of anilines is 1. The maximum absolute atomic E-state index is 13.7. The van der Waals surface area contributed by atoms with E-state index in [-0.39, 0.29) is 27.2 Å². The molecule has 5 rings (SSSR count). The summed E-state index contributed by atoms with van der Waals surface area (Å²) in [4.78, 5) is 34.4. The first-order valence-corrected chi connectivity index (χ1v) is 12.8. The smallest absolute Gasteiger partial charge is 0.349 e. The highest BCUT2D eigenvalue weighted by Gasteiger charge is 2.31. The molecule has 0 spiro atoms. The molecule has 38 heavy (non-hydrogen) atoms. The summed E-state index contributed by atoms with van der Waals surface area (Å²) in [5.41, 5.74) is 2.51.